The van der Waals surface area contributed by atoms with Crippen molar-refractivity contribution in [1.29, 1.82) is 0 Å². The van der Waals surface area contributed by atoms with Gasteiger partial charge in [-0.05, 0) is 35.9 Å². The normalized spacial score (nSPS) is 19.5. The molecule has 2 heterocycles. The van der Waals surface area contributed by atoms with Crippen LogP contribution in [-0.2, 0) is 0 Å². The second-order valence-electron chi connectivity index (χ2n) is 7.16. The number of nitrogens with zero attached hydrogens (tertiary/aromatic N) is 3. The molecular formula is C22H15BrFN3O3. The van der Waals surface area contributed by atoms with Gasteiger partial charge in [-0.25, -0.2) is 9.40 Å². The molecule has 3 aromatic carbocycles. The van der Waals surface area contributed by atoms with E-state index in [0.29, 0.717) is 17.7 Å². The summed E-state index contributed by atoms with van der Waals surface area (Å²) in [4.78, 5) is 10.8. The Kier molecular flexibility index (Phi) is 4.51. The standard InChI is InChI=1S/C22H15BrFN3O3/c23-15-6-9-21-18(11-15)20-12-19(13-4-7-16(24)8-5-13)25-26(20)22(30-21)14-2-1-3-17(10-14)27(28)29/h1-11,20,22H,12H2. The van der Waals surface area contributed by atoms with Gasteiger partial charge in [0.05, 0.1) is 16.7 Å². The Morgan fingerprint density at radius 1 is 1.13 bits per heavy atom. The number of nitro groups is 1. The van der Waals surface area contributed by atoms with Gasteiger partial charge in [0.2, 0.25) is 6.23 Å². The maximum absolute atomic E-state index is 13.4. The Morgan fingerprint density at radius 3 is 2.70 bits per heavy atom. The third-order valence-corrected chi connectivity index (χ3v) is 5.79. The molecule has 0 saturated carbocycles. The van der Waals surface area contributed by atoms with E-state index in [0.717, 1.165) is 21.3 Å². The summed E-state index contributed by atoms with van der Waals surface area (Å²) < 4.78 is 20.5. The van der Waals surface area contributed by atoms with E-state index in [9.17, 15) is 14.5 Å². The summed E-state index contributed by atoms with van der Waals surface area (Å²) in [5, 5.41) is 17.9. The van der Waals surface area contributed by atoms with E-state index in [2.05, 4.69) is 15.9 Å². The van der Waals surface area contributed by atoms with Crippen molar-refractivity contribution < 1.29 is 14.1 Å². The van der Waals surface area contributed by atoms with Gasteiger partial charge in [-0.3, -0.25) is 10.1 Å². The maximum atomic E-state index is 13.4. The molecule has 6 nitrogen and oxygen atoms in total. The lowest BCUT2D eigenvalue weighted by molar-refractivity contribution is -0.385. The summed E-state index contributed by atoms with van der Waals surface area (Å²) in [7, 11) is 0. The van der Waals surface area contributed by atoms with Crippen molar-refractivity contribution in [3.05, 3.63) is 104 Å². The quantitative estimate of drug-likeness (QED) is 0.363. The molecule has 0 amide bonds. The van der Waals surface area contributed by atoms with Crippen LogP contribution >= 0.6 is 15.9 Å². The van der Waals surface area contributed by atoms with Crippen LogP contribution < -0.4 is 4.74 Å². The summed E-state index contributed by atoms with van der Waals surface area (Å²) in [5.74, 6) is 0.411. The molecule has 0 N–H and O–H groups in total. The minimum atomic E-state index is -0.610. The molecule has 2 atom stereocenters. The Bertz CT molecular complexity index is 1180. The van der Waals surface area contributed by atoms with Crippen LogP contribution in [0.5, 0.6) is 5.75 Å². The van der Waals surface area contributed by atoms with Gasteiger partial charge in [0.25, 0.3) is 5.69 Å². The largest absolute Gasteiger partial charge is 0.464 e. The van der Waals surface area contributed by atoms with E-state index in [4.69, 9.17) is 9.84 Å². The maximum Gasteiger partial charge on any atom is 0.269 e. The van der Waals surface area contributed by atoms with Crippen molar-refractivity contribution in [3.8, 4) is 5.75 Å². The number of fused-ring (bicyclic) bond motifs is 3. The fourth-order valence-corrected chi connectivity index (χ4v) is 4.27. The highest BCUT2D eigenvalue weighted by molar-refractivity contribution is 9.10. The lowest BCUT2D eigenvalue weighted by Crippen LogP contribution is -2.33. The first kappa shape index (κ1) is 18.7. The molecular weight excluding hydrogens is 453 g/mol. The fourth-order valence-electron chi connectivity index (χ4n) is 3.89. The molecule has 0 fully saturated rings. The van der Waals surface area contributed by atoms with Crippen LogP contribution in [0.2, 0.25) is 0 Å². The average Bonchev–Trinajstić information content (AvgIpc) is 3.19. The van der Waals surface area contributed by atoms with Gasteiger partial charge >= 0.3 is 0 Å². The highest BCUT2D eigenvalue weighted by Gasteiger charge is 2.41. The Labute approximate surface area is 179 Å². The Morgan fingerprint density at radius 2 is 1.93 bits per heavy atom. The number of non-ortho nitro benzene ring substituents is 1. The van der Waals surface area contributed by atoms with E-state index in [-0.39, 0.29) is 17.5 Å². The summed E-state index contributed by atoms with van der Waals surface area (Å²) >= 11 is 3.51. The number of hydrogen-bond acceptors (Lipinski definition) is 5. The molecule has 2 unspecified atom stereocenters. The molecule has 30 heavy (non-hydrogen) atoms. The topological polar surface area (TPSA) is 68.0 Å². The minimum Gasteiger partial charge on any atom is -0.464 e. The Balaban J connectivity index is 1.60. The van der Waals surface area contributed by atoms with Gasteiger partial charge in [-0.2, -0.15) is 5.10 Å². The number of halogens is 2. The molecule has 150 valence electrons. The predicted molar refractivity (Wildman–Crippen MR) is 113 cm³/mol. The van der Waals surface area contributed by atoms with Crippen molar-refractivity contribution in [3.63, 3.8) is 0 Å². The second-order valence-corrected chi connectivity index (χ2v) is 8.07. The molecule has 0 aromatic heterocycles. The van der Waals surface area contributed by atoms with Crippen molar-refractivity contribution in [2.45, 2.75) is 18.7 Å². The summed E-state index contributed by atoms with van der Waals surface area (Å²) in [6, 6.07) is 18.3. The average molecular weight is 468 g/mol. The first-order valence-electron chi connectivity index (χ1n) is 9.32. The second kappa shape index (κ2) is 7.21. The fraction of sp³-hybridized carbons (Fsp3) is 0.136. The highest BCUT2D eigenvalue weighted by Crippen LogP contribution is 2.48. The molecule has 8 heteroatoms. The third-order valence-electron chi connectivity index (χ3n) is 5.30. The summed E-state index contributed by atoms with van der Waals surface area (Å²) in [5.41, 5.74) is 3.27. The molecule has 0 bridgehead atoms. The van der Waals surface area contributed by atoms with Crippen LogP contribution in [-0.4, -0.2) is 15.6 Å². The molecule has 2 aliphatic heterocycles. The van der Waals surface area contributed by atoms with Gasteiger partial charge in [0.1, 0.15) is 11.6 Å². The molecule has 0 spiro atoms. The van der Waals surface area contributed by atoms with Crippen molar-refractivity contribution in [1.82, 2.24) is 5.01 Å². The predicted octanol–water partition coefficient (Wildman–Crippen LogP) is 5.74. The van der Waals surface area contributed by atoms with E-state index < -0.39 is 11.2 Å². The molecule has 2 aliphatic rings. The van der Waals surface area contributed by atoms with Crippen molar-refractivity contribution in [2.75, 3.05) is 0 Å². The van der Waals surface area contributed by atoms with Gasteiger partial charge in [-0.1, -0.05) is 40.2 Å². The van der Waals surface area contributed by atoms with Crippen LogP contribution in [0, 0.1) is 15.9 Å². The number of ether oxygens (including phenoxy) is 1. The lowest BCUT2D eigenvalue weighted by atomic mass is 9.96. The molecule has 0 radical (unpaired) electrons. The molecule has 0 saturated heterocycles. The lowest BCUT2D eigenvalue weighted by Gasteiger charge is -2.38. The van der Waals surface area contributed by atoms with E-state index in [1.165, 1.54) is 24.3 Å². The van der Waals surface area contributed by atoms with Gasteiger partial charge in [0.15, 0.2) is 0 Å². The van der Waals surface area contributed by atoms with Gasteiger partial charge in [-0.15, -0.1) is 0 Å². The van der Waals surface area contributed by atoms with Crippen LogP contribution in [0.1, 0.15) is 35.4 Å². The van der Waals surface area contributed by atoms with E-state index >= 15 is 0 Å². The zero-order chi connectivity index (χ0) is 20.8. The first-order valence-corrected chi connectivity index (χ1v) is 10.1. The van der Waals surface area contributed by atoms with E-state index in [1.54, 1.807) is 24.3 Å². The van der Waals surface area contributed by atoms with Crippen LogP contribution in [0.25, 0.3) is 0 Å². The van der Waals surface area contributed by atoms with Crippen molar-refractivity contribution in [2.24, 2.45) is 5.10 Å². The number of hydrogen-bond donors (Lipinski definition) is 0. The van der Waals surface area contributed by atoms with Crippen molar-refractivity contribution >= 4 is 27.3 Å². The zero-order valence-electron chi connectivity index (χ0n) is 15.5. The summed E-state index contributed by atoms with van der Waals surface area (Å²) in [6.45, 7) is 0. The number of rotatable bonds is 3. The SMILES string of the molecule is O=[N+]([O-])c1cccc(C2Oc3ccc(Br)cc3C3CC(c4ccc(F)cc4)=NN32)c1. The van der Waals surface area contributed by atoms with Gasteiger partial charge < -0.3 is 4.74 Å². The zero-order valence-corrected chi connectivity index (χ0v) is 17.1. The Hall–Kier alpha value is -3.26. The van der Waals surface area contributed by atoms with E-state index in [1.807, 2.05) is 23.2 Å². The number of nitro benzene ring substituents is 1. The number of benzene rings is 3. The van der Waals surface area contributed by atoms with Crippen LogP contribution in [0.3, 0.4) is 0 Å². The molecule has 0 aliphatic carbocycles. The minimum absolute atomic E-state index is 0.00353. The van der Waals surface area contributed by atoms with Crippen LogP contribution in [0.15, 0.2) is 76.3 Å². The van der Waals surface area contributed by atoms with Gasteiger partial charge in [0, 0.05) is 34.2 Å². The van der Waals surface area contributed by atoms with Crippen LogP contribution in [0.4, 0.5) is 10.1 Å². The summed E-state index contributed by atoms with van der Waals surface area (Å²) in [6.07, 6.45) is 0.00525. The number of hydrazone groups is 1. The highest BCUT2D eigenvalue weighted by atomic mass is 79.9. The first-order chi connectivity index (χ1) is 14.5. The smallest absolute Gasteiger partial charge is 0.269 e. The third kappa shape index (κ3) is 3.23. The molecule has 5 rings (SSSR count). The molecule has 3 aromatic rings. The monoisotopic (exact) mass is 467 g/mol.